The Morgan fingerprint density at radius 1 is 1.28 bits per heavy atom. The number of halogens is 4. The minimum Gasteiger partial charge on any atom is -0.330 e. The Morgan fingerprint density at radius 3 is 2.59 bits per heavy atom. The van der Waals surface area contributed by atoms with Crippen molar-refractivity contribution in [1.82, 2.24) is 24.1 Å². The van der Waals surface area contributed by atoms with E-state index in [2.05, 4.69) is 15.4 Å². The maximum atomic E-state index is 13.3. The van der Waals surface area contributed by atoms with Crippen molar-refractivity contribution in [3.05, 3.63) is 56.7 Å². The van der Waals surface area contributed by atoms with Gasteiger partial charge in [-0.15, -0.1) is 0 Å². The number of hydrogen-bond acceptors (Lipinski definition) is 5. The molecule has 0 fully saturated rings. The number of hydrogen-bond donors (Lipinski definition) is 1. The lowest BCUT2D eigenvalue weighted by molar-refractivity contribution is -0.141. The van der Waals surface area contributed by atoms with E-state index in [0.29, 0.717) is 15.6 Å². The number of fused-ring (bicyclic) bond motifs is 2. The topological polar surface area (TPSA) is 102 Å². The number of aromatic nitrogens is 4. The highest BCUT2D eigenvalue weighted by atomic mass is 35.5. The van der Waals surface area contributed by atoms with Crippen molar-refractivity contribution in [1.29, 1.82) is 0 Å². The van der Waals surface area contributed by atoms with Crippen LogP contribution in [0.5, 0.6) is 0 Å². The fraction of sp³-hybridized carbons (Fsp3) is 0.316. The smallest absolute Gasteiger partial charge is 0.330 e. The Bertz CT molecular complexity index is 1300. The molecule has 0 spiro atoms. The highest BCUT2D eigenvalue weighted by Gasteiger charge is 2.39. The molecule has 0 radical (unpaired) electrons. The average molecular weight is 469 g/mol. The van der Waals surface area contributed by atoms with Gasteiger partial charge in [0.25, 0.3) is 11.5 Å². The van der Waals surface area contributed by atoms with E-state index in [1.165, 1.54) is 23.2 Å². The van der Waals surface area contributed by atoms with Gasteiger partial charge in [0, 0.05) is 18.3 Å². The first kappa shape index (κ1) is 21.8. The molecule has 3 aromatic heterocycles. The molecule has 0 atom stereocenters. The molecule has 2 amide bonds. The Kier molecular flexibility index (Phi) is 5.19. The van der Waals surface area contributed by atoms with Crippen LogP contribution in [0.3, 0.4) is 0 Å². The van der Waals surface area contributed by atoms with E-state index in [-0.39, 0.29) is 35.3 Å². The van der Waals surface area contributed by atoms with Crippen molar-refractivity contribution < 1.29 is 22.8 Å². The molecular formula is C19H16ClF3N6O3. The van der Waals surface area contributed by atoms with Gasteiger partial charge in [-0.05, 0) is 26.0 Å². The predicted octanol–water partition coefficient (Wildman–Crippen LogP) is 2.57. The number of anilines is 1. The van der Waals surface area contributed by atoms with Crippen LogP contribution in [0, 0.1) is 0 Å². The van der Waals surface area contributed by atoms with E-state index in [1.54, 1.807) is 13.8 Å². The van der Waals surface area contributed by atoms with Crippen molar-refractivity contribution in [2.45, 2.75) is 39.2 Å². The van der Waals surface area contributed by atoms with E-state index in [9.17, 15) is 27.6 Å². The minimum absolute atomic E-state index is 0.0227. The fourth-order valence-corrected chi connectivity index (χ4v) is 3.59. The zero-order valence-corrected chi connectivity index (χ0v) is 17.5. The normalized spacial score (nSPS) is 13.8. The summed E-state index contributed by atoms with van der Waals surface area (Å²) in [5.74, 6) is -1.06. The van der Waals surface area contributed by atoms with Crippen LogP contribution in [0.1, 0.15) is 35.6 Å². The Hall–Kier alpha value is -3.41. The fourth-order valence-electron chi connectivity index (χ4n) is 3.48. The number of carbonyl (C=O) groups is 2. The van der Waals surface area contributed by atoms with Crippen molar-refractivity contribution >= 4 is 34.9 Å². The third-order valence-corrected chi connectivity index (χ3v) is 5.20. The third kappa shape index (κ3) is 3.70. The van der Waals surface area contributed by atoms with Crippen molar-refractivity contribution in [3.63, 3.8) is 0 Å². The first-order valence-electron chi connectivity index (χ1n) is 9.42. The molecule has 1 N–H and O–H groups in total. The average Bonchev–Trinajstić information content (AvgIpc) is 3.30. The molecule has 1 aliphatic heterocycles. The summed E-state index contributed by atoms with van der Waals surface area (Å²) < 4.78 is 41.4. The summed E-state index contributed by atoms with van der Waals surface area (Å²) in [6.45, 7) is 2.84. The maximum absolute atomic E-state index is 13.3. The summed E-state index contributed by atoms with van der Waals surface area (Å²) in [6.07, 6.45) is -3.51. The van der Waals surface area contributed by atoms with E-state index in [4.69, 9.17) is 11.6 Å². The van der Waals surface area contributed by atoms with Gasteiger partial charge in [0.1, 0.15) is 23.7 Å². The number of pyridine rings is 1. The number of amides is 2. The van der Waals surface area contributed by atoms with Crippen LogP contribution in [0.25, 0.3) is 5.65 Å². The van der Waals surface area contributed by atoms with E-state index in [0.717, 1.165) is 4.57 Å². The zero-order valence-electron chi connectivity index (χ0n) is 16.8. The molecule has 0 saturated heterocycles. The summed E-state index contributed by atoms with van der Waals surface area (Å²) >= 11 is 5.76. The molecule has 1 aliphatic rings. The predicted molar refractivity (Wildman–Crippen MR) is 107 cm³/mol. The lowest BCUT2D eigenvalue weighted by Crippen LogP contribution is -2.32. The molecular weight excluding hydrogens is 453 g/mol. The molecule has 168 valence electrons. The van der Waals surface area contributed by atoms with E-state index in [1.807, 2.05) is 0 Å². The Balaban J connectivity index is 1.84. The number of nitrogens with one attached hydrogen (secondary N) is 1. The van der Waals surface area contributed by atoms with E-state index < -0.39 is 35.8 Å². The SMILES string of the molecule is CC(C)N1Cc2c(n(CC(=O)Nc3ccc(Cl)cn3)c3cc(C(F)(F)F)nn3c2=O)C1=O. The van der Waals surface area contributed by atoms with Crippen LogP contribution in [0.4, 0.5) is 19.0 Å². The van der Waals surface area contributed by atoms with Crippen LogP contribution in [-0.4, -0.2) is 41.9 Å². The first-order chi connectivity index (χ1) is 15.0. The van der Waals surface area contributed by atoms with Crippen LogP contribution >= 0.6 is 11.6 Å². The molecule has 32 heavy (non-hydrogen) atoms. The van der Waals surface area contributed by atoms with Crippen molar-refractivity contribution in [2.75, 3.05) is 5.32 Å². The first-order valence-corrected chi connectivity index (χ1v) is 9.80. The van der Waals surface area contributed by atoms with Crippen molar-refractivity contribution in [2.24, 2.45) is 0 Å². The second-order valence-electron chi connectivity index (χ2n) is 7.45. The highest BCUT2D eigenvalue weighted by Crippen LogP contribution is 2.30. The molecule has 0 saturated carbocycles. The lowest BCUT2D eigenvalue weighted by Gasteiger charge is -2.20. The Labute approximate surface area is 183 Å². The van der Waals surface area contributed by atoms with Gasteiger partial charge in [0.2, 0.25) is 5.91 Å². The molecule has 0 aromatic carbocycles. The van der Waals surface area contributed by atoms with Gasteiger partial charge in [-0.25, -0.2) is 4.98 Å². The second kappa shape index (κ2) is 7.62. The standard InChI is InChI=1S/C19H16ClF3N6O3/c1-9(2)27-7-11-16(18(27)32)28(8-14(30)25-13-4-3-10(20)6-24-13)15-5-12(19(21,22)23)26-29(15)17(11)31/h3-6,9H,7-8H2,1-2H3,(H,24,25,30). The van der Waals surface area contributed by atoms with Crippen LogP contribution in [-0.2, 0) is 24.1 Å². The number of nitrogens with zero attached hydrogens (tertiary/aromatic N) is 5. The van der Waals surface area contributed by atoms with Crippen LogP contribution in [0.2, 0.25) is 5.02 Å². The minimum atomic E-state index is -4.82. The monoisotopic (exact) mass is 468 g/mol. The summed E-state index contributed by atoms with van der Waals surface area (Å²) in [6, 6.07) is 3.31. The zero-order chi connectivity index (χ0) is 23.4. The summed E-state index contributed by atoms with van der Waals surface area (Å²) in [7, 11) is 0. The van der Waals surface area contributed by atoms with Gasteiger partial charge >= 0.3 is 6.18 Å². The van der Waals surface area contributed by atoms with Gasteiger partial charge in [-0.3, -0.25) is 14.4 Å². The Morgan fingerprint density at radius 2 is 2.00 bits per heavy atom. The number of alkyl halides is 3. The lowest BCUT2D eigenvalue weighted by atomic mass is 10.2. The van der Waals surface area contributed by atoms with Gasteiger partial charge < -0.3 is 14.8 Å². The van der Waals surface area contributed by atoms with Gasteiger partial charge in [0.05, 0.1) is 17.1 Å². The van der Waals surface area contributed by atoms with Crippen molar-refractivity contribution in [3.8, 4) is 0 Å². The quantitative estimate of drug-likeness (QED) is 0.634. The summed E-state index contributed by atoms with van der Waals surface area (Å²) in [5, 5.41) is 6.23. The summed E-state index contributed by atoms with van der Waals surface area (Å²) in [4.78, 5) is 43.8. The number of carbonyl (C=O) groups excluding carboxylic acids is 2. The molecule has 3 aromatic rings. The third-order valence-electron chi connectivity index (χ3n) is 4.98. The summed E-state index contributed by atoms with van der Waals surface area (Å²) in [5.41, 5.74) is -2.62. The van der Waals surface area contributed by atoms with Gasteiger partial charge in [-0.2, -0.15) is 22.8 Å². The van der Waals surface area contributed by atoms with Crippen LogP contribution < -0.4 is 10.9 Å². The molecule has 9 nitrogen and oxygen atoms in total. The molecule has 0 bridgehead atoms. The molecule has 4 rings (SSSR count). The molecule has 0 aliphatic carbocycles. The van der Waals surface area contributed by atoms with Gasteiger partial charge in [-0.1, -0.05) is 11.6 Å². The highest BCUT2D eigenvalue weighted by molar-refractivity contribution is 6.30. The molecule has 4 heterocycles. The second-order valence-corrected chi connectivity index (χ2v) is 7.89. The van der Waals surface area contributed by atoms with Gasteiger partial charge in [0.15, 0.2) is 5.69 Å². The largest absolute Gasteiger partial charge is 0.435 e. The molecule has 0 unspecified atom stereocenters. The van der Waals surface area contributed by atoms with Crippen LogP contribution in [0.15, 0.2) is 29.2 Å². The number of rotatable bonds is 4. The molecule has 13 heteroatoms. The maximum Gasteiger partial charge on any atom is 0.435 e. The van der Waals surface area contributed by atoms with E-state index >= 15 is 0 Å².